The standard InChI is InChI=1S/C11H20N2OS/c1-4-6-9-10(7-12-5-2)15-11(13-9)8-14-3/h12H,4-8H2,1-3H3. The van der Waals surface area contributed by atoms with E-state index in [9.17, 15) is 0 Å². The van der Waals surface area contributed by atoms with Crippen LogP contribution in [0.25, 0.3) is 0 Å². The molecule has 0 unspecified atom stereocenters. The van der Waals surface area contributed by atoms with Crippen molar-refractivity contribution in [3.8, 4) is 0 Å². The number of aromatic nitrogens is 1. The molecule has 1 rings (SSSR count). The van der Waals surface area contributed by atoms with Gasteiger partial charge in [-0.3, -0.25) is 0 Å². The van der Waals surface area contributed by atoms with Crippen LogP contribution in [0, 0.1) is 0 Å². The fourth-order valence-corrected chi connectivity index (χ4v) is 2.49. The molecule has 4 heteroatoms. The van der Waals surface area contributed by atoms with E-state index in [1.165, 1.54) is 10.6 Å². The normalized spacial score (nSPS) is 10.9. The summed E-state index contributed by atoms with van der Waals surface area (Å²) >= 11 is 1.77. The molecule has 0 amide bonds. The molecule has 1 aromatic heterocycles. The Balaban J connectivity index is 2.70. The molecule has 1 aromatic rings. The summed E-state index contributed by atoms with van der Waals surface area (Å²) in [5, 5.41) is 4.44. The largest absolute Gasteiger partial charge is 0.378 e. The lowest BCUT2D eigenvalue weighted by Gasteiger charge is -2.00. The molecule has 0 saturated heterocycles. The highest BCUT2D eigenvalue weighted by molar-refractivity contribution is 7.11. The topological polar surface area (TPSA) is 34.1 Å². The van der Waals surface area contributed by atoms with Gasteiger partial charge in [0.05, 0.1) is 12.3 Å². The second-order valence-electron chi connectivity index (χ2n) is 3.44. The molecule has 0 radical (unpaired) electrons. The zero-order chi connectivity index (χ0) is 11.1. The Morgan fingerprint density at radius 1 is 1.40 bits per heavy atom. The van der Waals surface area contributed by atoms with Crippen LogP contribution in [0.3, 0.4) is 0 Å². The monoisotopic (exact) mass is 228 g/mol. The molecule has 1 heterocycles. The van der Waals surface area contributed by atoms with Crippen molar-refractivity contribution >= 4 is 11.3 Å². The van der Waals surface area contributed by atoms with Gasteiger partial charge in [0.25, 0.3) is 0 Å². The molecule has 0 fully saturated rings. The number of ether oxygens (including phenoxy) is 1. The molecule has 86 valence electrons. The van der Waals surface area contributed by atoms with Crippen molar-refractivity contribution in [3.05, 3.63) is 15.6 Å². The molecule has 15 heavy (non-hydrogen) atoms. The molecule has 0 aliphatic carbocycles. The van der Waals surface area contributed by atoms with Gasteiger partial charge in [0.2, 0.25) is 0 Å². The minimum Gasteiger partial charge on any atom is -0.378 e. The molecule has 0 aromatic carbocycles. The van der Waals surface area contributed by atoms with Gasteiger partial charge in [0, 0.05) is 18.5 Å². The molecule has 0 spiro atoms. The van der Waals surface area contributed by atoms with Crippen LogP contribution in [0.15, 0.2) is 0 Å². The Bertz CT molecular complexity index is 286. The maximum atomic E-state index is 5.11. The number of nitrogens with one attached hydrogen (secondary N) is 1. The second-order valence-corrected chi connectivity index (χ2v) is 4.61. The van der Waals surface area contributed by atoms with Gasteiger partial charge in [-0.1, -0.05) is 20.3 Å². The summed E-state index contributed by atoms with van der Waals surface area (Å²) < 4.78 is 5.11. The molecule has 0 bridgehead atoms. The fourth-order valence-electron chi connectivity index (χ4n) is 1.43. The fraction of sp³-hybridized carbons (Fsp3) is 0.727. The highest BCUT2D eigenvalue weighted by Gasteiger charge is 2.09. The van der Waals surface area contributed by atoms with Gasteiger partial charge in [-0.25, -0.2) is 4.98 Å². The summed E-state index contributed by atoms with van der Waals surface area (Å²) in [5.41, 5.74) is 1.25. The van der Waals surface area contributed by atoms with Crippen molar-refractivity contribution in [3.63, 3.8) is 0 Å². The van der Waals surface area contributed by atoms with Crippen LogP contribution >= 0.6 is 11.3 Å². The van der Waals surface area contributed by atoms with E-state index in [4.69, 9.17) is 4.74 Å². The third-order valence-corrected chi connectivity index (χ3v) is 3.18. The Kier molecular flexibility index (Phi) is 5.83. The zero-order valence-corrected chi connectivity index (χ0v) is 10.6. The van der Waals surface area contributed by atoms with Crippen LogP contribution in [-0.4, -0.2) is 18.6 Å². The van der Waals surface area contributed by atoms with Crippen molar-refractivity contribution in [1.29, 1.82) is 0 Å². The lowest BCUT2D eigenvalue weighted by Crippen LogP contribution is -2.11. The summed E-state index contributed by atoms with van der Waals surface area (Å²) in [7, 11) is 1.71. The minimum absolute atomic E-state index is 0.632. The van der Waals surface area contributed by atoms with Crippen LogP contribution < -0.4 is 5.32 Å². The lowest BCUT2D eigenvalue weighted by molar-refractivity contribution is 0.184. The first kappa shape index (κ1) is 12.6. The molecule has 0 saturated carbocycles. The number of hydrogen-bond acceptors (Lipinski definition) is 4. The maximum Gasteiger partial charge on any atom is 0.119 e. The van der Waals surface area contributed by atoms with Crippen molar-refractivity contribution in [2.45, 2.75) is 39.8 Å². The Labute approximate surface area is 95.9 Å². The number of rotatable bonds is 7. The lowest BCUT2D eigenvalue weighted by atomic mass is 10.2. The third kappa shape index (κ3) is 3.89. The van der Waals surface area contributed by atoms with Crippen LogP contribution in [0.5, 0.6) is 0 Å². The number of nitrogens with zero attached hydrogens (tertiary/aromatic N) is 1. The molecule has 1 N–H and O–H groups in total. The Morgan fingerprint density at radius 3 is 2.80 bits per heavy atom. The molecule has 3 nitrogen and oxygen atoms in total. The highest BCUT2D eigenvalue weighted by atomic mass is 32.1. The van der Waals surface area contributed by atoms with Crippen LogP contribution in [-0.2, 0) is 24.3 Å². The average Bonchev–Trinajstić information content (AvgIpc) is 2.59. The molecule has 0 atom stereocenters. The van der Waals surface area contributed by atoms with E-state index in [2.05, 4.69) is 24.1 Å². The summed E-state index contributed by atoms with van der Waals surface area (Å²) in [6.07, 6.45) is 2.22. The van der Waals surface area contributed by atoms with Gasteiger partial charge in [-0.05, 0) is 13.0 Å². The number of hydrogen-bond donors (Lipinski definition) is 1. The molecular weight excluding hydrogens is 208 g/mol. The second kappa shape index (κ2) is 6.93. The Morgan fingerprint density at radius 2 is 2.20 bits per heavy atom. The van der Waals surface area contributed by atoms with Gasteiger partial charge in [0.1, 0.15) is 5.01 Å². The quantitative estimate of drug-likeness (QED) is 0.778. The summed E-state index contributed by atoms with van der Waals surface area (Å²) in [6, 6.07) is 0. The summed E-state index contributed by atoms with van der Waals surface area (Å²) in [5.74, 6) is 0. The van der Waals surface area contributed by atoms with E-state index in [1.807, 2.05) is 0 Å². The molecule has 0 aliphatic rings. The van der Waals surface area contributed by atoms with Crippen LogP contribution in [0.4, 0.5) is 0 Å². The van der Waals surface area contributed by atoms with Gasteiger partial charge in [0.15, 0.2) is 0 Å². The average molecular weight is 228 g/mol. The zero-order valence-electron chi connectivity index (χ0n) is 9.80. The predicted octanol–water partition coefficient (Wildman–Crippen LogP) is 2.35. The van der Waals surface area contributed by atoms with Crippen molar-refractivity contribution < 1.29 is 4.74 Å². The van der Waals surface area contributed by atoms with Crippen LogP contribution in [0.1, 0.15) is 35.8 Å². The number of methoxy groups -OCH3 is 1. The van der Waals surface area contributed by atoms with Gasteiger partial charge >= 0.3 is 0 Å². The van der Waals surface area contributed by atoms with E-state index in [0.717, 1.165) is 30.9 Å². The minimum atomic E-state index is 0.632. The van der Waals surface area contributed by atoms with E-state index < -0.39 is 0 Å². The third-order valence-electron chi connectivity index (χ3n) is 2.11. The first-order chi connectivity index (χ1) is 7.31. The first-order valence-electron chi connectivity index (χ1n) is 5.48. The first-order valence-corrected chi connectivity index (χ1v) is 6.30. The smallest absolute Gasteiger partial charge is 0.119 e. The Hall–Kier alpha value is -0.450. The van der Waals surface area contributed by atoms with Gasteiger partial charge < -0.3 is 10.1 Å². The van der Waals surface area contributed by atoms with Crippen LogP contribution in [0.2, 0.25) is 0 Å². The molecular formula is C11H20N2OS. The maximum absolute atomic E-state index is 5.11. The SMILES string of the molecule is CCCc1nc(COC)sc1CNCC. The number of aryl methyl sites for hydroxylation is 1. The summed E-state index contributed by atoms with van der Waals surface area (Å²) in [6.45, 7) is 6.88. The van der Waals surface area contributed by atoms with Crippen molar-refractivity contribution in [2.24, 2.45) is 0 Å². The van der Waals surface area contributed by atoms with Gasteiger partial charge in [-0.2, -0.15) is 0 Å². The van der Waals surface area contributed by atoms with E-state index >= 15 is 0 Å². The van der Waals surface area contributed by atoms with E-state index in [1.54, 1.807) is 18.4 Å². The van der Waals surface area contributed by atoms with E-state index in [-0.39, 0.29) is 0 Å². The molecule has 0 aliphatic heterocycles. The number of thiazole rings is 1. The predicted molar refractivity (Wildman–Crippen MR) is 64.2 cm³/mol. The van der Waals surface area contributed by atoms with Gasteiger partial charge in [-0.15, -0.1) is 11.3 Å². The van der Waals surface area contributed by atoms with Crippen molar-refractivity contribution in [2.75, 3.05) is 13.7 Å². The summed E-state index contributed by atoms with van der Waals surface area (Å²) in [4.78, 5) is 5.96. The highest BCUT2D eigenvalue weighted by Crippen LogP contribution is 2.20. The van der Waals surface area contributed by atoms with Crippen molar-refractivity contribution in [1.82, 2.24) is 10.3 Å². The van der Waals surface area contributed by atoms with E-state index in [0.29, 0.717) is 6.61 Å².